The number of hydrogen-bond donors (Lipinski definition) is 2. The first kappa shape index (κ1) is 12.9. The summed E-state index contributed by atoms with van der Waals surface area (Å²) >= 11 is 0. The molecule has 0 bridgehead atoms. The molecule has 16 heavy (non-hydrogen) atoms. The smallest absolute Gasteiger partial charge is 0.384 e. The number of aliphatic hydroxyl groups is 1. The first-order valence-corrected chi connectivity index (χ1v) is 4.48. The van der Waals surface area contributed by atoms with Crippen molar-refractivity contribution >= 4 is 0 Å². The van der Waals surface area contributed by atoms with Crippen molar-refractivity contribution in [2.45, 2.75) is 18.7 Å². The standard InChI is InChI=1S/C10H11F4NO/c1-9(16,5-15)7-3-2-6(11)4-8(7)10(12,13)14/h2-4,16H,5,15H2,1H3. The molecule has 0 radical (unpaired) electrons. The highest BCUT2D eigenvalue weighted by molar-refractivity contribution is 5.35. The molecule has 1 aromatic carbocycles. The van der Waals surface area contributed by atoms with Crippen molar-refractivity contribution in [2.24, 2.45) is 5.73 Å². The monoisotopic (exact) mass is 237 g/mol. The van der Waals surface area contributed by atoms with Crippen molar-refractivity contribution in [1.82, 2.24) is 0 Å². The molecule has 0 heterocycles. The van der Waals surface area contributed by atoms with Crippen LogP contribution in [0, 0.1) is 5.82 Å². The quantitative estimate of drug-likeness (QED) is 0.773. The van der Waals surface area contributed by atoms with Crippen molar-refractivity contribution in [3.8, 4) is 0 Å². The molecule has 1 atom stereocenters. The van der Waals surface area contributed by atoms with Gasteiger partial charge in [0.25, 0.3) is 0 Å². The molecule has 3 N–H and O–H groups in total. The lowest BCUT2D eigenvalue weighted by Gasteiger charge is -2.25. The van der Waals surface area contributed by atoms with Crippen LogP contribution in [0.15, 0.2) is 18.2 Å². The Balaban J connectivity index is 3.40. The van der Waals surface area contributed by atoms with Crippen molar-refractivity contribution < 1.29 is 22.7 Å². The second-order valence-corrected chi connectivity index (χ2v) is 3.67. The molecule has 1 rings (SSSR count). The van der Waals surface area contributed by atoms with Crippen LogP contribution in [0.4, 0.5) is 17.6 Å². The third-order valence-electron chi connectivity index (χ3n) is 2.26. The predicted molar refractivity (Wildman–Crippen MR) is 50.0 cm³/mol. The number of alkyl halides is 3. The van der Waals surface area contributed by atoms with Crippen LogP contribution in [-0.2, 0) is 11.8 Å². The van der Waals surface area contributed by atoms with Gasteiger partial charge in [-0.1, -0.05) is 6.07 Å². The molecule has 0 spiro atoms. The molecule has 1 unspecified atom stereocenters. The predicted octanol–water partition coefficient (Wildman–Crippen LogP) is 2.01. The molecule has 1 aromatic rings. The summed E-state index contributed by atoms with van der Waals surface area (Å²) in [4.78, 5) is 0. The maximum absolute atomic E-state index is 12.8. The van der Waals surface area contributed by atoms with E-state index in [-0.39, 0.29) is 6.54 Å². The summed E-state index contributed by atoms with van der Waals surface area (Å²) < 4.78 is 50.5. The minimum absolute atomic E-state index is 0.347. The summed E-state index contributed by atoms with van der Waals surface area (Å²) in [6.07, 6.45) is -4.73. The summed E-state index contributed by atoms with van der Waals surface area (Å²) in [5.41, 5.74) is 1.71. The van der Waals surface area contributed by atoms with Gasteiger partial charge in [-0.25, -0.2) is 4.39 Å². The zero-order chi connectivity index (χ0) is 12.6. The van der Waals surface area contributed by atoms with Gasteiger partial charge in [-0.2, -0.15) is 13.2 Å². The van der Waals surface area contributed by atoms with E-state index < -0.39 is 28.7 Å². The Bertz CT molecular complexity index is 387. The van der Waals surface area contributed by atoms with E-state index in [2.05, 4.69) is 0 Å². The Kier molecular flexibility index (Phi) is 3.25. The van der Waals surface area contributed by atoms with Gasteiger partial charge >= 0.3 is 6.18 Å². The third kappa shape index (κ3) is 2.51. The van der Waals surface area contributed by atoms with Gasteiger partial charge in [0.05, 0.1) is 11.2 Å². The normalized spacial score (nSPS) is 15.9. The van der Waals surface area contributed by atoms with E-state index in [1.807, 2.05) is 0 Å². The molecule has 6 heteroatoms. The fourth-order valence-electron chi connectivity index (χ4n) is 1.33. The molecule has 0 aliphatic carbocycles. The second kappa shape index (κ2) is 4.03. The van der Waals surface area contributed by atoms with Gasteiger partial charge in [0.2, 0.25) is 0 Å². The van der Waals surface area contributed by atoms with Crippen molar-refractivity contribution in [2.75, 3.05) is 6.54 Å². The highest BCUT2D eigenvalue weighted by Crippen LogP contribution is 2.36. The largest absolute Gasteiger partial charge is 0.416 e. The van der Waals surface area contributed by atoms with Crippen LogP contribution >= 0.6 is 0 Å². The van der Waals surface area contributed by atoms with Crippen LogP contribution in [0.1, 0.15) is 18.1 Å². The zero-order valence-electron chi connectivity index (χ0n) is 8.48. The van der Waals surface area contributed by atoms with Crippen LogP contribution in [0.5, 0.6) is 0 Å². The van der Waals surface area contributed by atoms with Gasteiger partial charge in [0.1, 0.15) is 5.82 Å². The number of nitrogens with two attached hydrogens (primary N) is 1. The average Bonchev–Trinajstić information content (AvgIpc) is 2.16. The van der Waals surface area contributed by atoms with Crippen LogP contribution in [0.25, 0.3) is 0 Å². The first-order chi connectivity index (χ1) is 7.18. The summed E-state index contributed by atoms with van der Waals surface area (Å²) in [5, 5.41) is 9.68. The summed E-state index contributed by atoms with van der Waals surface area (Å²) in [7, 11) is 0. The van der Waals surface area contributed by atoms with Crippen LogP contribution in [0.3, 0.4) is 0 Å². The minimum Gasteiger partial charge on any atom is -0.384 e. The van der Waals surface area contributed by atoms with Crippen LogP contribution in [0.2, 0.25) is 0 Å². The van der Waals surface area contributed by atoms with Crippen molar-refractivity contribution in [1.29, 1.82) is 0 Å². The van der Waals surface area contributed by atoms with E-state index in [4.69, 9.17) is 5.73 Å². The lowest BCUT2D eigenvalue weighted by atomic mass is 9.91. The SMILES string of the molecule is CC(O)(CN)c1ccc(F)cc1C(F)(F)F. The van der Waals surface area contributed by atoms with Gasteiger partial charge in [-0.3, -0.25) is 0 Å². The highest BCUT2D eigenvalue weighted by atomic mass is 19.4. The zero-order valence-corrected chi connectivity index (χ0v) is 8.48. The number of halogens is 4. The molecular formula is C10H11F4NO. The van der Waals surface area contributed by atoms with Gasteiger partial charge < -0.3 is 10.8 Å². The molecular weight excluding hydrogens is 226 g/mol. The summed E-state index contributed by atoms with van der Waals surface area (Å²) in [6.45, 7) is 0.761. The van der Waals surface area contributed by atoms with Gasteiger partial charge in [0, 0.05) is 6.54 Å². The van der Waals surface area contributed by atoms with E-state index in [1.165, 1.54) is 0 Å². The Morgan fingerprint density at radius 3 is 2.25 bits per heavy atom. The summed E-state index contributed by atoms with van der Waals surface area (Å²) in [5.74, 6) is -1.01. The molecule has 0 saturated heterocycles. The molecule has 2 nitrogen and oxygen atoms in total. The van der Waals surface area contributed by atoms with Gasteiger partial charge in [0.15, 0.2) is 0 Å². The minimum atomic E-state index is -4.73. The van der Waals surface area contributed by atoms with E-state index in [0.29, 0.717) is 6.07 Å². The Morgan fingerprint density at radius 1 is 1.25 bits per heavy atom. The van der Waals surface area contributed by atoms with Crippen LogP contribution < -0.4 is 5.73 Å². The fraction of sp³-hybridized carbons (Fsp3) is 0.400. The van der Waals surface area contributed by atoms with Crippen molar-refractivity contribution in [3.63, 3.8) is 0 Å². The lowest BCUT2D eigenvalue weighted by molar-refractivity contribution is -0.140. The third-order valence-corrected chi connectivity index (χ3v) is 2.26. The molecule has 0 aliphatic heterocycles. The second-order valence-electron chi connectivity index (χ2n) is 3.67. The van der Waals surface area contributed by atoms with E-state index in [1.54, 1.807) is 0 Å². The van der Waals surface area contributed by atoms with Crippen LogP contribution in [-0.4, -0.2) is 11.7 Å². The Morgan fingerprint density at radius 2 is 1.81 bits per heavy atom. The van der Waals surface area contributed by atoms with Crippen molar-refractivity contribution in [3.05, 3.63) is 35.1 Å². The Labute approximate surface area is 89.7 Å². The summed E-state index contributed by atoms with van der Waals surface area (Å²) in [6, 6.07) is 2.10. The fourth-order valence-corrected chi connectivity index (χ4v) is 1.33. The molecule has 0 saturated carbocycles. The molecule has 0 fully saturated rings. The Hall–Kier alpha value is -1.14. The number of rotatable bonds is 2. The first-order valence-electron chi connectivity index (χ1n) is 4.48. The lowest BCUT2D eigenvalue weighted by Crippen LogP contribution is -2.33. The van der Waals surface area contributed by atoms with E-state index in [0.717, 1.165) is 19.1 Å². The molecule has 90 valence electrons. The van der Waals surface area contributed by atoms with Gasteiger partial charge in [-0.15, -0.1) is 0 Å². The average molecular weight is 237 g/mol. The highest BCUT2D eigenvalue weighted by Gasteiger charge is 2.38. The van der Waals surface area contributed by atoms with E-state index in [9.17, 15) is 22.7 Å². The molecule has 0 amide bonds. The molecule has 0 aliphatic rings. The number of benzene rings is 1. The topological polar surface area (TPSA) is 46.2 Å². The van der Waals surface area contributed by atoms with Gasteiger partial charge in [-0.05, 0) is 24.6 Å². The molecule has 0 aromatic heterocycles. The van der Waals surface area contributed by atoms with E-state index >= 15 is 0 Å². The maximum atomic E-state index is 12.8. The number of hydrogen-bond acceptors (Lipinski definition) is 2. The maximum Gasteiger partial charge on any atom is 0.416 e.